The normalized spacial score (nSPS) is 33.8. The largest absolute Gasteiger partial charge is 0.0654 e. The van der Waals surface area contributed by atoms with Crippen LogP contribution in [0.15, 0.2) is 0 Å². The van der Waals surface area contributed by atoms with Crippen LogP contribution in [0, 0.1) is 29.6 Å². The van der Waals surface area contributed by atoms with E-state index in [0.29, 0.717) is 0 Å². The standard InChI is InChI=1S/C15H30/c1-6-8-9-11(3)10-14-13(5)15(14)12(4)7-2/h11-15H,6-10H2,1-5H3. The zero-order chi connectivity index (χ0) is 11.4. The lowest BCUT2D eigenvalue weighted by atomic mass is 9.94. The molecule has 0 heterocycles. The maximum Gasteiger partial charge on any atom is -0.0329 e. The lowest BCUT2D eigenvalue weighted by Gasteiger charge is -2.12. The summed E-state index contributed by atoms with van der Waals surface area (Å²) in [6.07, 6.45) is 7.10. The molecule has 5 unspecified atom stereocenters. The van der Waals surface area contributed by atoms with Crippen LogP contribution in [0.3, 0.4) is 0 Å². The fourth-order valence-electron chi connectivity index (χ4n) is 3.30. The van der Waals surface area contributed by atoms with Gasteiger partial charge in [-0.05, 0) is 36.0 Å². The average molecular weight is 210 g/mol. The highest BCUT2D eigenvalue weighted by molar-refractivity contribution is 4.96. The first-order valence-corrected chi connectivity index (χ1v) is 7.11. The molecule has 0 N–H and O–H groups in total. The Morgan fingerprint density at radius 3 is 2.33 bits per heavy atom. The SMILES string of the molecule is CCCCC(C)CC1C(C)C1C(C)CC. The third-order valence-corrected chi connectivity index (χ3v) is 4.66. The van der Waals surface area contributed by atoms with Gasteiger partial charge in [-0.15, -0.1) is 0 Å². The Morgan fingerprint density at radius 1 is 1.13 bits per heavy atom. The number of hydrogen-bond donors (Lipinski definition) is 0. The zero-order valence-electron chi connectivity index (χ0n) is 11.4. The van der Waals surface area contributed by atoms with Gasteiger partial charge in [-0.2, -0.15) is 0 Å². The highest BCUT2D eigenvalue weighted by atomic mass is 14.5. The first-order chi connectivity index (χ1) is 7.11. The second-order valence-electron chi connectivity index (χ2n) is 5.97. The van der Waals surface area contributed by atoms with E-state index in [-0.39, 0.29) is 0 Å². The molecular formula is C15H30. The van der Waals surface area contributed by atoms with E-state index in [4.69, 9.17) is 0 Å². The molecule has 0 bridgehead atoms. The molecule has 15 heavy (non-hydrogen) atoms. The third-order valence-electron chi connectivity index (χ3n) is 4.66. The molecule has 0 spiro atoms. The summed E-state index contributed by atoms with van der Waals surface area (Å²) in [5.74, 6) is 5.06. The third kappa shape index (κ3) is 3.50. The van der Waals surface area contributed by atoms with E-state index in [0.717, 1.165) is 29.6 Å². The predicted octanol–water partition coefficient (Wildman–Crippen LogP) is 5.13. The fraction of sp³-hybridized carbons (Fsp3) is 1.00. The molecule has 0 aromatic carbocycles. The Kier molecular flexibility index (Phi) is 5.15. The Hall–Kier alpha value is 0. The number of hydrogen-bond acceptors (Lipinski definition) is 0. The summed E-state index contributed by atoms with van der Waals surface area (Å²) in [5.41, 5.74) is 0. The van der Waals surface area contributed by atoms with Crippen molar-refractivity contribution in [3.8, 4) is 0 Å². The van der Waals surface area contributed by atoms with Crippen LogP contribution in [0.1, 0.15) is 66.7 Å². The maximum atomic E-state index is 2.47. The average Bonchev–Trinajstić information content (AvgIpc) is 2.85. The lowest BCUT2D eigenvalue weighted by Crippen LogP contribution is -2.01. The van der Waals surface area contributed by atoms with Gasteiger partial charge in [0.2, 0.25) is 0 Å². The van der Waals surface area contributed by atoms with Crippen molar-refractivity contribution in [2.75, 3.05) is 0 Å². The van der Waals surface area contributed by atoms with Crippen molar-refractivity contribution in [2.24, 2.45) is 29.6 Å². The number of unbranched alkanes of at least 4 members (excludes halogenated alkanes) is 1. The zero-order valence-corrected chi connectivity index (χ0v) is 11.4. The summed E-state index contributed by atoms with van der Waals surface area (Å²) >= 11 is 0. The summed E-state index contributed by atoms with van der Waals surface area (Å²) in [5, 5.41) is 0. The summed E-state index contributed by atoms with van der Waals surface area (Å²) in [6, 6.07) is 0. The molecular weight excluding hydrogens is 180 g/mol. The van der Waals surface area contributed by atoms with Crippen LogP contribution in [0.5, 0.6) is 0 Å². The van der Waals surface area contributed by atoms with Crippen LogP contribution < -0.4 is 0 Å². The minimum Gasteiger partial charge on any atom is -0.0654 e. The van der Waals surface area contributed by atoms with Crippen LogP contribution in [-0.2, 0) is 0 Å². The molecule has 0 saturated heterocycles. The predicted molar refractivity (Wildman–Crippen MR) is 68.9 cm³/mol. The van der Waals surface area contributed by atoms with E-state index < -0.39 is 0 Å². The molecule has 90 valence electrons. The summed E-state index contributed by atoms with van der Waals surface area (Å²) in [7, 11) is 0. The molecule has 0 aromatic heterocycles. The minimum absolute atomic E-state index is 0.961. The van der Waals surface area contributed by atoms with E-state index in [1.807, 2.05) is 0 Å². The van der Waals surface area contributed by atoms with Gasteiger partial charge >= 0.3 is 0 Å². The van der Waals surface area contributed by atoms with Crippen LogP contribution in [0.25, 0.3) is 0 Å². The Morgan fingerprint density at radius 2 is 1.80 bits per heavy atom. The van der Waals surface area contributed by atoms with E-state index in [2.05, 4.69) is 34.6 Å². The maximum absolute atomic E-state index is 2.47. The first kappa shape index (κ1) is 13.1. The molecule has 1 rings (SSSR count). The minimum atomic E-state index is 0.961. The van der Waals surface area contributed by atoms with Crippen LogP contribution in [-0.4, -0.2) is 0 Å². The summed E-state index contributed by atoms with van der Waals surface area (Å²) in [6.45, 7) is 12.0. The molecule has 1 fully saturated rings. The molecule has 0 radical (unpaired) electrons. The van der Waals surface area contributed by atoms with Gasteiger partial charge in [0.25, 0.3) is 0 Å². The molecule has 0 nitrogen and oxygen atoms in total. The van der Waals surface area contributed by atoms with E-state index in [1.165, 1.54) is 32.1 Å². The number of rotatable bonds is 7. The molecule has 0 amide bonds. The van der Waals surface area contributed by atoms with Gasteiger partial charge in [0, 0.05) is 0 Å². The lowest BCUT2D eigenvalue weighted by molar-refractivity contribution is 0.394. The van der Waals surface area contributed by atoms with Crippen molar-refractivity contribution in [3.63, 3.8) is 0 Å². The van der Waals surface area contributed by atoms with Crippen LogP contribution in [0.2, 0.25) is 0 Å². The summed E-state index contributed by atoms with van der Waals surface area (Å²) in [4.78, 5) is 0. The van der Waals surface area contributed by atoms with Gasteiger partial charge in [-0.1, -0.05) is 60.3 Å². The van der Waals surface area contributed by atoms with Crippen molar-refractivity contribution >= 4 is 0 Å². The van der Waals surface area contributed by atoms with Gasteiger partial charge in [0.05, 0.1) is 0 Å². The summed E-state index contributed by atoms with van der Waals surface area (Å²) < 4.78 is 0. The molecule has 5 atom stereocenters. The van der Waals surface area contributed by atoms with E-state index >= 15 is 0 Å². The highest BCUT2D eigenvalue weighted by Crippen LogP contribution is 2.54. The second-order valence-corrected chi connectivity index (χ2v) is 5.97. The molecule has 1 aliphatic rings. The van der Waals surface area contributed by atoms with Crippen molar-refractivity contribution in [1.29, 1.82) is 0 Å². The highest BCUT2D eigenvalue weighted by Gasteiger charge is 2.48. The molecule has 0 heteroatoms. The van der Waals surface area contributed by atoms with Crippen LogP contribution in [0.4, 0.5) is 0 Å². The van der Waals surface area contributed by atoms with Crippen molar-refractivity contribution in [1.82, 2.24) is 0 Å². The molecule has 0 aliphatic heterocycles. The second kappa shape index (κ2) is 5.92. The van der Waals surface area contributed by atoms with Crippen molar-refractivity contribution in [3.05, 3.63) is 0 Å². The van der Waals surface area contributed by atoms with Gasteiger partial charge in [0.1, 0.15) is 0 Å². The van der Waals surface area contributed by atoms with Crippen molar-refractivity contribution < 1.29 is 0 Å². The van der Waals surface area contributed by atoms with Crippen LogP contribution >= 0.6 is 0 Å². The van der Waals surface area contributed by atoms with Gasteiger partial charge in [-0.3, -0.25) is 0 Å². The quantitative estimate of drug-likeness (QED) is 0.546. The topological polar surface area (TPSA) is 0 Å². The van der Waals surface area contributed by atoms with Gasteiger partial charge in [-0.25, -0.2) is 0 Å². The fourth-order valence-corrected chi connectivity index (χ4v) is 3.30. The van der Waals surface area contributed by atoms with Gasteiger partial charge < -0.3 is 0 Å². The van der Waals surface area contributed by atoms with Gasteiger partial charge in [0.15, 0.2) is 0 Å². The Labute approximate surface area is 96.8 Å². The van der Waals surface area contributed by atoms with E-state index in [9.17, 15) is 0 Å². The smallest absolute Gasteiger partial charge is 0.0329 e. The van der Waals surface area contributed by atoms with E-state index in [1.54, 1.807) is 0 Å². The molecule has 1 saturated carbocycles. The Balaban J connectivity index is 2.23. The molecule has 0 aromatic rings. The van der Waals surface area contributed by atoms with Crippen molar-refractivity contribution in [2.45, 2.75) is 66.7 Å². The molecule has 1 aliphatic carbocycles. The first-order valence-electron chi connectivity index (χ1n) is 7.11. The monoisotopic (exact) mass is 210 g/mol. The Bertz CT molecular complexity index is 173.